The molecule has 0 aliphatic heterocycles. The predicted molar refractivity (Wildman–Crippen MR) is 62.6 cm³/mol. The topological polar surface area (TPSA) is 64.1 Å². The highest BCUT2D eigenvalue weighted by molar-refractivity contribution is 5.91. The van der Waals surface area contributed by atoms with Crippen LogP contribution in [0.4, 0.5) is 5.69 Å². The van der Waals surface area contributed by atoms with Crippen molar-refractivity contribution in [3.05, 3.63) is 49.1 Å². The van der Waals surface area contributed by atoms with Crippen LogP contribution in [0.15, 0.2) is 49.1 Å². The average Bonchev–Trinajstić information content (AvgIpc) is 2.39. The Hall–Kier alpha value is -2.43. The van der Waals surface area contributed by atoms with E-state index < -0.39 is 0 Å². The molecule has 17 heavy (non-hydrogen) atoms. The van der Waals surface area contributed by atoms with Gasteiger partial charge in [0, 0.05) is 24.3 Å². The van der Waals surface area contributed by atoms with E-state index in [9.17, 15) is 4.79 Å². The minimum absolute atomic E-state index is 0.0476. The number of pyridine rings is 2. The summed E-state index contributed by atoms with van der Waals surface area (Å²) in [7, 11) is 0. The lowest BCUT2D eigenvalue weighted by molar-refractivity contribution is -0.118. The standard InChI is InChI=1S/C12H11N3O2/c16-12(15-10-3-6-13-7-4-10)9-17-11-2-1-5-14-8-11/h1-8H,9H2,(H,13,15,16). The van der Waals surface area contributed by atoms with Crippen LogP contribution in [-0.2, 0) is 4.79 Å². The number of aromatic nitrogens is 2. The summed E-state index contributed by atoms with van der Waals surface area (Å²) < 4.78 is 5.25. The van der Waals surface area contributed by atoms with Gasteiger partial charge in [-0.25, -0.2) is 0 Å². The molecule has 1 N–H and O–H groups in total. The third kappa shape index (κ3) is 3.57. The van der Waals surface area contributed by atoms with Gasteiger partial charge in [-0.15, -0.1) is 0 Å². The Kier molecular flexibility index (Phi) is 3.64. The third-order valence-corrected chi connectivity index (χ3v) is 1.97. The van der Waals surface area contributed by atoms with Crippen LogP contribution in [0.3, 0.4) is 0 Å². The van der Waals surface area contributed by atoms with Crippen LogP contribution in [0.1, 0.15) is 0 Å². The number of amides is 1. The van der Waals surface area contributed by atoms with Gasteiger partial charge in [-0.2, -0.15) is 0 Å². The van der Waals surface area contributed by atoms with Gasteiger partial charge in [0.25, 0.3) is 5.91 Å². The molecular weight excluding hydrogens is 218 g/mol. The lowest BCUT2D eigenvalue weighted by atomic mass is 10.4. The second kappa shape index (κ2) is 5.60. The fourth-order valence-electron chi connectivity index (χ4n) is 1.21. The largest absolute Gasteiger partial charge is 0.482 e. The van der Waals surface area contributed by atoms with Crippen LogP contribution in [0.2, 0.25) is 0 Å². The van der Waals surface area contributed by atoms with E-state index in [0.717, 1.165) is 0 Å². The first kappa shape index (κ1) is 11.1. The Morgan fingerprint density at radius 1 is 1.18 bits per heavy atom. The summed E-state index contributed by atoms with van der Waals surface area (Å²) in [6.45, 7) is -0.0476. The van der Waals surface area contributed by atoms with Crippen LogP contribution in [0.5, 0.6) is 5.75 Å². The van der Waals surface area contributed by atoms with E-state index in [1.165, 1.54) is 0 Å². The summed E-state index contributed by atoms with van der Waals surface area (Å²) in [5.41, 5.74) is 0.694. The SMILES string of the molecule is O=C(COc1cccnc1)Nc1ccncc1. The van der Waals surface area contributed by atoms with E-state index in [-0.39, 0.29) is 12.5 Å². The maximum Gasteiger partial charge on any atom is 0.262 e. The molecule has 0 spiro atoms. The van der Waals surface area contributed by atoms with Crippen molar-refractivity contribution in [3.63, 3.8) is 0 Å². The van der Waals surface area contributed by atoms with Gasteiger partial charge < -0.3 is 10.1 Å². The van der Waals surface area contributed by atoms with Crippen molar-refractivity contribution in [1.29, 1.82) is 0 Å². The van der Waals surface area contributed by atoms with E-state index in [1.807, 2.05) is 0 Å². The summed E-state index contributed by atoms with van der Waals surface area (Å²) in [6.07, 6.45) is 6.42. The Morgan fingerprint density at radius 2 is 2.00 bits per heavy atom. The molecule has 0 atom stereocenters. The Bertz CT molecular complexity index is 474. The Balaban J connectivity index is 1.83. The first-order chi connectivity index (χ1) is 8.34. The molecule has 0 aliphatic carbocycles. The Labute approximate surface area is 98.5 Å². The molecule has 2 aromatic rings. The highest BCUT2D eigenvalue weighted by Gasteiger charge is 2.02. The summed E-state index contributed by atoms with van der Waals surface area (Å²) in [5.74, 6) is 0.345. The summed E-state index contributed by atoms with van der Waals surface area (Å²) in [4.78, 5) is 19.2. The van der Waals surface area contributed by atoms with Crippen LogP contribution in [0.25, 0.3) is 0 Å². The molecule has 86 valence electrons. The molecule has 0 bridgehead atoms. The summed E-state index contributed by atoms with van der Waals surface area (Å²) >= 11 is 0. The zero-order valence-electron chi connectivity index (χ0n) is 9.04. The molecule has 0 radical (unpaired) electrons. The van der Waals surface area contributed by atoms with Crippen LogP contribution < -0.4 is 10.1 Å². The number of carbonyl (C=O) groups excluding carboxylic acids is 1. The first-order valence-electron chi connectivity index (χ1n) is 5.07. The van der Waals surface area contributed by atoms with E-state index in [0.29, 0.717) is 11.4 Å². The average molecular weight is 229 g/mol. The molecule has 0 saturated carbocycles. The number of hydrogen-bond acceptors (Lipinski definition) is 4. The monoisotopic (exact) mass is 229 g/mol. The molecule has 2 rings (SSSR count). The minimum atomic E-state index is -0.222. The van der Waals surface area contributed by atoms with Crippen molar-refractivity contribution >= 4 is 11.6 Å². The van der Waals surface area contributed by atoms with Gasteiger partial charge >= 0.3 is 0 Å². The quantitative estimate of drug-likeness (QED) is 0.862. The van der Waals surface area contributed by atoms with Crippen molar-refractivity contribution in [2.24, 2.45) is 0 Å². The zero-order chi connectivity index (χ0) is 11.9. The molecule has 0 unspecified atom stereocenters. The first-order valence-corrected chi connectivity index (χ1v) is 5.07. The number of nitrogens with zero attached hydrogens (tertiary/aromatic N) is 2. The van der Waals surface area contributed by atoms with Crippen LogP contribution in [0, 0.1) is 0 Å². The molecule has 5 nitrogen and oxygen atoms in total. The Morgan fingerprint density at radius 3 is 2.71 bits per heavy atom. The van der Waals surface area contributed by atoms with Crippen molar-refractivity contribution in [2.45, 2.75) is 0 Å². The molecule has 0 fully saturated rings. The van der Waals surface area contributed by atoms with Gasteiger partial charge in [-0.3, -0.25) is 14.8 Å². The molecular formula is C12H11N3O2. The van der Waals surface area contributed by atoms with Gasteiger partial charge in [0.2, 0.25) is 0 Å². The molecule has 1 amide bonds. The summed E-state index contributed by atoms with van der Waals surface area (Å²) in [5, 5.41) is 2.69. The summed E-state index contributed by atoms with van der Waals surface area (Å²) in [6, 6.07) is 6.91. The van der Waals surface area contributed by atoms with Crippen molar-refractivity contribution in [2.75, 3.05) is 11.9 Å². The molecule has 2 aromatic heterocycles. The number of rotatable bonds is 4. The zero-order valence-corrected chi connectivity index (χ0v) is 9.04. The maximum atomic E-state index is 11.5. The predicted octanol–water partition coefficient (Wildman–Crippen LogP) is 1.49. The van der Waals surface area contributed by atoms with E-state index >= 15 is 0 Å². The molecule has 0 aliphatic rings. The number of carbonyl (C=O) groups is 1. The molecule has 2 heterocycles. The number of nitrogens with one attached hydrogen (secondary N) is 1. The number of anilines is 1. The fraction of sp³-hybridized carbons (Fsp3) is 0.0833. The lowest BCUT2D eigenvalue weighted by Gasteiger charge is -2.06. The fourth-order valence-corrected chi connectivity index (χ4v) is 1.21. The van der Waals surface area contributed by atoms with Gasteiger partial charge in [-0.1, -0.05) is 0 Å². The second-order valence-electron chi connectivity index (χ2n) is 3.26. The highest BCUT2D eigenvalue weighted by atomic mass is 16.5. The second-order valence-corrected chi connectivity index (χ2v) is 3.26. The van der Waals surface area contributed by atoms with Crippen molar-refractivity contribution in [1.82, 2.24) is 9.97 Å². The van der Waals surface area contributed by atoms with Gasteiger partial charge in [0.05, 0.1) is 6.20 Å². The number of ether oxygens (including phenoxy) is 1. The smallest absolute Gasteiger partial charge is 0.262 e. The minimum Gasteiger partial charge on any atom is -0.482 e. The van der Waals surface area contributed by atoms with Crippen molar-refractivity contribution in [3.8, 4) is 5.75 Å². The van der Waals surface area contributed by atoms with E-state index in [2.05, 4.69) is 15.3 Å². The van der Waals surface area contributed by atoms with Crippen molar-refractivity contribution < 1.29 is 9.53 Å². The van der Waals surface area contributed by atoms with Crippen LogP contribution in [-0.4, -0.2) is 22.5 Å². The molecule has 0 saturated heterocycles. The van der Waals surface area contributed by atoms with E-state index in [4.69, 9.17) is 4.74 Å². The third-order valence-electron chi connectivity index (χ3n) is 1.97. The van der Waals surface area contributed by atoms with Gasteiger partial charge in [0.1, 0.15) is 5.75 Å². The van der Waals surface area contributed by atoms with E-state index in [1.54, 1.807) is 49.1 Å². The molecule has 5 heteroatoms. The lowest BCUT2D eigenvalue weighted by Crippen LogP contribution is -2.20. The van der Waals surface area contributed by atoms with Gasteiger partial charge in [0.15, 0.2) is 6.61 Å². The van der Waals surface area contributed by atoms with Crippen LogP contribution >= 0.6 is 0 Å². The highest BCUT2D eigenvalue weighted by Crippen LogP contribution is 2.07. The normalized spacial score (nSPS) is 9.65. The maximum absolute atomic E-state index is 11.5. The number of hydrogen-bond donors (Lipinski definition) is 1. The molecule has 0 aromatic carbocycles. The van der Waals surface area contributed by atoms with Gasteiger partial charge in [-0.05, 0) is 24.3 Å².